The van der Waals surface area contributed by atoms with Gasteiger partial charge in [-0.1, -0.05) is 25.8 Å². The van der Waals surface area contributed by atoms with Gasteiger partial charge in [0.2, 0.25) is 5.88 Å². The minimum atomic E-state index is -0.441. The van der Waals surface area contributed by atoms with Crippen molar-refractivity contribution in [1.29, 1.82) is 5.26 Å². The van der Waals surface area contributed by atoms with E-state index in [-0.39, 0.29) is 6.04 Å². The summed E-state index contributed by atoms with van der Waals surface area (Å²) in [6.45, 7) is 2.16. The molecule has 1 aromatic carbocycles. The fourth-order valence-corrected chi connectivity index (χ4v) is 3.09. The van der Waals surface area contributed by atoms with Crippen molar-refractivity contribution in [1.82, 2.24) is 10.3 Å². The van der Waals surface area contributed by atoms with E-state index >= 15 is 0 Å². The van der Waals surface area contributed by atoms with Crippen LogP contribution >= 0.6 is 0 Å². The van der Waals surface area contributed by atoms with Crippen molar-refractivity contribution in [3.63, 3.8) is 0 Å². The average Bonchev–Trinajstić information content (AvgIpc) is 2.91. The highest BCUT2D eigenvalue weighted by molar-refractivity contribution is 5.87. The molecule has 2 atom stereocenters. The van der Waals surface area contributed by atoms with Crippen LogP contribution in [0.15, 0.2) is 24.3 Å². The lowest BCUT2D eigenvalue weighted by molar-refractivity contribution is 0.182. The van der Waals surface area contributed by atoms with Crippen LogP contribution in [-0.4, -0.2) is 17.1 Å². The van der Waals surface area contributed by atoms with Gasteiger partial charge in [0.15, 0.2) is 0 Å². The number of aromatic nitrogens is 1. The highest BCUT2D eigenvalue weighted by atomic mass is 16.6. The maximum atomic E-state index is 12.0. The van der Waals surface area contributed by atoms with Gasteiger partial charge < -0.3 is 15.0 Å². The lowest BCUT2D eigenvalue weighted by atomic mass is 9.86. The van der Waals surface area contributed by atoms with Crippen molar-refractivity contribution in [3.8, 4) is 11.9 Å². The number of amides is 1. The Bertz CT molecular complexity index is 729. The van der Waals surface area contributed by atoms with Crippen molar-refractivity contribution in [2.24, 2.45) is 5.92 Å². The summed E-state index contributed by atoms with van der Waals surface area (Å²) in [7, 11) is 0. The Kier molecular flexibility index (Phi) is 4.01. The van der Waals surface area contributed by atoms with E-state index in [0.29, 0.717) is 17.4 Å². The number of carbonyl (C=O) groups excluding carboxylic acids is 1. The van der Waals surface area contributed by atoms with E-state index in [2.05, 4.69) is 23.3 Å². The highest BCUT2D eigenvalue weighted by Crippen LogP contribution is 2.25. The minimum Gasteiger partial charge on any atom is -0.393 e. The fourth-order valence-electron chi connectivity index (χ4n) is 3.09. The maximum Gasteiger partial charge on any atom is 0.414 e. The molecular formula is C17H19N3O2. The number of nitriles is 1. The first-order chi connectivity index (χ1) is 10.7. The third-order valence-electron chi connectivity index (χ3n) is 4.38. The normalized spacial score (nSPS) is 21.3. The molecule has 0 radical (unpaired) electrons. The molecule has 0 aliphatic heterocycles. The van der Waals surface area contributed by atoms with Crippen LogP contribution in [0.3, 0.4) is 0 Å². The van der Waals surface area contributed by atoms with Crippen LogP contribution in [-0.2, 0) is 0 Å². The standard InChI is InChI=1S/C17H19N3O2/c1-11-5-2-3-7-14(11)20-17(21)22-16-9-13-12(10-18)6-4-8-15(13)19-16/h4,6,8-9,11,14,19H,2-3,5,7H2,1H3,(H,20,21)/t11-,14+/m0/s1. The predicted molar refractivity (Wildman–Crippen MR) is 83.6 cm³/mol. The Balaban J connectivity index is 1.70. The molecule has 0 bridgehead atoms. The number of H-pyrrole nitrogens is 1. The molecule has 1 heterocycles. The number of rotatable bonds is 2. The van der Waals surface area contributed by atoms with Gasteiger partial charge in [-0.25, -0.2) is 4.79 Å². The molecule has 2 aromatic rings. The highest BCUT2D eigenvalue weighted by Gasteiger charge is 2.23. The third kappa shape index (κ3) is 2.91. The third-order valence-corrected chi connectivity index (χ3v) is 4.38. The number of nitrogens with zero attached hydrogens (tertiary/aromatic N) is 1. The zero-order chi connectivity index (χ0) is 15.5. The summed E-state index contributed by atoms with van der Waals surface area (Å²) < 4.78 is 5.33. The van der Waals surface area contributed by atoms with Crippen molar-refractivity contribution in [3.05, 3.63) is 29.8 Å². The zero-order valence-corrected chi connectivity index (χ0v) is 12.6. The second kappa shape index (κ2) is 6.10. The lowest BCUT2D eigenvalue weighted by Crippen LogP contribution is -2.42. The smallest absolute Gasteiger partial charge is 0.393 e. The molecule has 0 unspecified atom stereocenters. The van der Waals surface area contributed by atoms with Gasteiger partial charge in [0, 0.05) is 23.0 Å². The largest absolute Gasteiger partial charge is 0.414 e. The topological polar surface area (TPSA) is 77.9 Å². The number of fused-ring (bicyclic) bond motifs is 1. The second-order valence-corrected chi connectivity index (χ2v) is 5.91. The van der Waals surface area contributed by atoms with Crippen LogP contribution in [0.2, 0.25) is 0 Å². The van der Waals surface area contributed by atoms with Crippen molar-refractivity contribution in [2.45, 2.75) is 38.6 Å². The van der Waals surface area contributed by atoms with Crippen LogP contribution in [0.4, 0.5) is 4.79 Å². The average molecular weight is 297 g/mol. The van der Waals surface area contributed by atoms with Crippen molar-refractivity contribution in [2.75, 3.05) is 0 Å². The van der Waals surface area contributed by atoms with E-state index in [1.807, 2.05) is 6.07 Å². The van der Waals surface area contributed by atoms with Crippen LogP contribution in [0.5, 0.6) is 5.88 Å². The molecule has 1 aliphatic rings. The number of benzene rings is 1. The summed E-state index contributed by atoms with van der Waals surface area (Å²) in [5.74, 6) is 0.841. The molecule has 1 fully saturated rings. The van der Waals surface area contributed by atoms with E-state index in [1.54, 1.807) is 18.2 Å². The van der Waals surface area contributed by atoms with Crippen LogP contribution in [0.1, 0.15) is 38.2 Å². The summed E-state index contributed by atoms with van der Waals surface area (Å²) in [4.78, 5) is 15.1. The molecule has 5 nitrogen and oxygen atoms in total. The molecule has 5 heteroatoms. The van der Waals surface area contributed by atoms with Gasteiger partial charge in [-0.15, -0.1) is 0 Å². The van der Waals surface area contributed by atoms with Crippen LogP contribution in [0.25, 0.3) is 10.9 Å². The summed E-state index contributed by atoms with van der Waals surface area (Å²) in [6.07, 6.45) is 4.08. The summed E-state index contributed by atoms with van der Waals surface area (Å²) in [5.41, 5.74) is 1.35. The number of hydrogen-bond acceptors (Lipinski definition) is 3. The van der Waals surface area contributed by atoms with Gasteiger partial charge >= 0.3 is 6.09 Å². The Morgan fingerprint density at radius 3 is 3.00 bits per heavy atom. The van der Waals surface area contributed by atoms with Gasteiger partial charge in [-0.05, 0) is 30.9 Å². The zero-order valence-electron chi connectivity index (χ0n) is 12.6. The Morgan fingerprint density at radius 2 is 2.23 bits per heavy atom. The van der Waals surface area contributed by atoms with Crippen molar-refractivity contribution >= 4 is 17.0 Å². The molecule has 22 heavy (non-hydrogen) atoms. The number of ether oxygens (including phenoxy) is 1. The van der Waals surface area contributed by atoms with Gasteiger partial charge in [-0.2, -0.15) is 5.26 Å². The van der Waals surface area contributed by atoms with Crippen LogP contribution < -0.4 is 10.1 Å². The van der Waals surface area contributed by atoms with E-state index in [0.717, 1.165) is 30.2 Å². The van der Waals surface area contributed by atoms with E-state index < -0.39 is 6.09 Å². The Hall–Kier alpha value is -2.48. The Labute approximate surface area is 129 Å². The molecule has 1 aliphatic carbocycles. The summed E-state index contributed by atoms with van der Waals surface area (Å²) in [6, 6.07) is 9.39. The van der Waals surface area contributed by atoms with Gasteiger partial charge in [-0.3, -0.25) is 0 Å². The molecule has 3 rings (SSSR count). The van der Waals surface area contributed by atoms with Gasteiger partial charge in [0.05, 0.1) is 11.6 Å². The first-order valence-corrected chi connectivity index (χ1v) is 7.67. The maximum absolute atomic E-state index is 12.0. The monoisotopic (exact) mass is 297 g/mol. The van der Waals surface area contributed by atoms with Crippen LogP contribution in [0, 0.1) is 17.2 Å². The van der Waals surface area contributed by atoms with Crippen molar-refractivity contribution < 1.29 is 9.53 Å². The number of hydrogen-bond donors (Lipinski definition) is 2. The van der Waals surface area contributed by atoms with E-state index in [1.165, 1.54) is 6.42 Å². The second-order valence-electron chi connectivity index (χ2n) is 5.91. The molecule has 2 N–H and O–H groups in total. The SMILES string of the molecule is C[C@H]1CCCC[C@H]1NC(=O)Oc1cc2c(C#N)cccc2[nH]1. The Morgan fingerprint density at radius 1 is 1.41 bits per heavy atom. The predicted octanol–water partition coefficient (Wildman–Crippen LogP) is 3.71. The minimum absolute atomic E-state index is 0.181. The lowest BCUT2D eigenvalue weighted by Gasteiger charge is -2.28. The summed E-state index contributed by atoms with van der Waals surface area (Å²) >= 11 is 0. The number of carbonyl (C=O) groups is 1. The first-order valence-electron chi connectivity index (χ1n) is 7.67. The summed E-state index contributed by atoms with van der Waals surface area (Å²) in [5, 5.41) is 12.8. The van der Waals surface area contributed by atoms with E-state index in [9.17, 15) is 4.79 Å². The number of aromatic amines is 1. The fraction of sp³-hybridized carbons (Fsp3) is 0.412. The molecular weight excluding hydrogens is 278 g/mol. The first kappa shape index (κ1) is 14.5. The van der Waals surface area contributed by atoms with E-state index in [4.69, 9.17) is 10.00 Å². The molecule has 0 spiro atoms. The number of nitrogens with one attached hydrogen (secondary N) is 2. The molecule has 0 saturated heterocycles. The molecule has 1 amide bonds. The van der Waals surface area contributed by atoms with Gasteiger partial charge in [0.1, 0.15) is 0 Å². The quantitative estimate of drug-likeness (QED) is 0.887. The molecule has 1 aromatic heterocycles. The molecule has 1 saturated carbocycles. The van der Waals surface area contributed by atoms with Gasteiger partial charge in [0.25, 0.3) is 0 Å². The molecule has 114 valence electrons.